The third-order valence-corrected chi connectivity index (χ3v) is 8.12. The summed E-state index contributed by atoms with van der Waals surface area (Å²) in [4.78, 5) is 4.30. The summed E-state index contributed by atoms with van der Waals surface area (Å²) in [6, 6.07) is 23.8. The van der Waals surface area contributed by atoms with Gasteiger partial charge in [-0.15, -0.1) is 0 Å². The lowest BCUT2D eigenvalue weighted by atomic mass is 9.87. The molecule has 3 heteroatoms. The molecule has 0 saturated heterocycles. The van der Waals surface area contributed by atoms with Gasteiger partial charge in [0, 0.05) is 24.0 Å². The molecular weight excluding hydrogens is 409 g/mol. The van der Waals surface area contributed by atoms with Gasteiger partial charge in [0.05, 0.1) is 0 Å². The van der Waals surface area contributed by atoms with Gasteiger partial charge in [0.1, 0.15) is 12.4 Å². The van der Waals surface area contributed by atoms with Crippen molar-refractivity contribution < 1.29 is 4.74 Å². The van der Waals surface area contributed by atoms with Crippen LogP contribution in [0.15, 0.2) is 71.7 Å². The van der Waals surface area contributed by atoms with Gasteiger partial charge >= 0.3 is 0 Å². The SMILES string of the molecule is CCCC(CC)(Pc1ccccc1C=NC)c1cc(C)cc(C)c1OCc1ccccc1. The van der Waals surface area contributed by atoms with Gasteiger partial charge in [-0.25, -0.2) is 0 Å². The molecule has 0 aliphatic rings. The third-order valence-electron chi connectivity index (χ3n) is 6.04. The number of rotatable bonds is 10. The first-order valence-corrected chi connectivity index (χ1v) is 12.6. The van der Waals surface area contributed by atoms with Crippen molar-refractivity contribution in [2.24, 2.45) is 4.99 Å². The highest BCUT2D eigenvalue weighted by Gasteiger charge is 2.34. The number of hydrogen-bond acceptors (Lipinski definition) is 2. The Bertz CT molecular complexity index is 1040. The summed E-state index contributed by atoms with van der Waals surface area (Å²) in [7, 11) is 2.49. The van der Waals surface area contributed by atoms with Crippen molar-refractivity contribution in [2.45, 2.75) is 58.7 Å². The molecule has 3 rings (SSSR count). The molecule has 0 aliphatic heterocycles. The van der Waals surface area contributed by atoms with E-state index in [1.54, 1.807) is 0 Å². The van der Waals surface area contributed by atoms with E-state index in [-0.39, 0.29) is 5.16 Å². The summed E-state index contributed by atoms with van der Waals surface area (Å²) in [5, 5.41) is 1.41. The van der Waals surface area contributed by atoms with Gasteiger partial charge in [0.2, 0.25) is 0 Å². The highest BCUT2D eigenvalue weighted by Crippen LogP contribution is 2.52. The summed E-state index contributed by atoms with van der Waals surface area (Å²) in [5.41, 5.74) is 6.29. The molecular formula is C29H36NOP. The zero-order valence-corrected chi connectivity index (χ0v) is 21.1. The summed E-state index contributed by atoms with van der Waals surface area (Å²) in [6.07, 6.45) is 5.32. The standard InChI is InChI=1S/C29H36NOP/c1-6-17-29(7-2,32-27-16-12-11-15-25(27)20-30-5)26-19-22(3)18-23(4)28(26)31-21-24-13-9-8-10-14-24/h8-16,18-20,32H,6-7,17,21H2,1-5H3. The van der Waals surface area contributed by atoms with Crippen molar-refractivity contribution in [3.05, 3.63) is 94.5 Å². The van der Waals surface area contributed by atoms with Crippen LogP contribution < -0.4 is 10.0 Å². The van der Waals surface area contributed by atoms with Crippen molar-refractivity contribution >= 4 is 20.1 Å². The van der Waals surface area contributed by atoms with E-state index < -0.39 is 0 Å². The summed E-state index contributed by atoms with van der Waals surface area (Å²) < 4.78 is 6.56. The second-order valence-electron chi connectivity index (χ2n) is 8.52. The van der Waals surface area contributed by atoms with Crippen molar-refractivity contribution in [1.82, 2.24) is 0 Å². The molecule has 2 unspecified atom stereocenters. The number of nitrogens with zero attached hydrogens (tertiary/aromatic N) is 1. The van der Waals surface area contributed by atoms with Crippen LogP contribution in [0.5, 0.6) is 5.75 Å². The van der Waals surface area contributed by atoms with Crippen LogP contribution in [-0.4, -0.2) is 13.3 Å². The highest BCUT2D eigenvalue weighted by molar-refractivity contribution is 7.48. The fraction of sp³-hybridized carbons (Fsp3) is 0.345. The van der Waals surface area contributed by atoms with Crippen LogP contribution in [0.3, 0.4) is 0 Å². The van der Waals surface area contributed by atoms with E-state index in [2.05, 4.69) is 93.4 Å². The number of hydrogen-bond donors (Lipinski definition) is 0. The Morgan fingerprint density at radius 1 is 0.969 bits per heavy atom. The molecule has 0 saturated carbocycles. The molecule has 0 aliphatic carbocycles. The van der Waals surface area contributed by atoms with Gasteiger partial charge in [-0.05, 0) is 48.7 Å². The molecule has 0 radical (unpaired) electrons. The van der Waals surface area contributed by atoms with Gasteiger partial charge in [0.15, 0.2) is 0 Å². The Morgan fingerprint density at radius 2 is 1.69 bits per heavy atom. The Kier molecular flexibility index (Phi) is 8.65. The fourth-order valence-electron chi connectivity index (χ4n) is 4.50. The lowest BCUT2D eigenvalue weighted by Gasteiger charge is -2.36. The Labute approximate surface area is 195 Å². The monoisotopic (exact) mass is 445 g/mol. The molecule has 0 fully saturated rings. The van der Waals surface area contributed by atoms with Crippen LogP contribution in [0, 0.1) is 13.8 Å². The lowest BCUT2D eigenvalue weighted by molar-refractivity contribution is 0.295. The lowest BCUT2D eigenvalue weighted by Crippen LogP contribution is -2.25. The zero-order chi connectivity index (χ0) is 23.0. The Hall–Kier alpha value is -2.44. The first kappa shape index (κ1) is 24.2. The van der Waals surface area contributed by atoms with Crippen molar-refractivity contribution in [1.29, 1.82) is 0 Å². The molecule has 0 bridgehead atoms. The number of aliphatic imine (C=N–C) groups is 1. The molecule has 0 aromatic heterocycles. The minimum absolute atomic E-state index is 0.0369. The van der Waals surface area contributed by atoms with E-state index >= 15 is 0 Å². The third kappa shape index (κ3) is 5.67. The second kappa shape index (κ2) is 11.4. The average molecular weight is 446 g/mol. The van der Waals surface area contributed by atoms with Crippen LogP contribution in [0.1, 0.15) is 60.9 Å². The molecule has 168 valence electrons. The van der Waals surface area contributed by atoms with E-state index in [0.29, 0.717) is 15.2 Å². The highest BCUT2D eigenvalue weighted by atomic mass is 31.1. The van der Waals surface area contributed by atoms with Crippen molar-refractivity contribution in [3.63, 3.8) is 0 Å². The molecule has 2 atom stereocenters. The van der Waals surface area contributed by atoms with Crippen LogP contribution in [0.2, 0.25) is 0 Å². The Morgan fingerprint density at radius 3 is 2.38 bits per heavy atom. The van der Waals surface area contributed by atoms with E-state index in [4.69, 9.17) is 4.74 Å². The normalized spacial score (nSPS) is 13.7. The largest absolute Gasteiger partial charge is 0.488 e. The fourth-order valence-corrected chi connectivity index (χ4v) is 6.36. The van der Waals surface area contributed by atoms with Crippen LogP contribution in [0.25, 0.3) is 0 Å². The van der Waals surface area contributed by atoms with E-state index in [1.165, 1.54) is 33.1 Å². The zero-order valence-electron chi connectivity index (χ0n) is 20.1. The molecule has 0 N–H and O–H groups in total. The number of ether oxygens (including phenoxy) is 1. The molecule has 0 amide bonds. The molecule has 2 nitrogen and oxygen atoms in total. The molecule has 3 aromatic rings. The minimum Gasteiger partial charge on any atom is -0.488 e. The van der Waals surface area contributed by atoms with Gasteiger partial charge in [-0.1, -0.05) is 101 Å². The van der Waals surface area contributed by atoms with Gasteiger partial charge in [0.25, 0.3) is 0 Å². The molecule has 0 heterocycles. The first-order chi connectivity index (χ1) is 15.5. The number of aryl methyl sites for hydroxylation is 2. The maximum absolute atomic E-state index is 6.56. The van der Waals surface area contributed by atoms with E-state index in [0.717, 1.165) is 25.0 Å². The van der Waals surface area contributed by atoms with Crippen molar-refractivity contribution in [3.8, 4) is 5.75 Å². The Balaban J connectivity index is 2.08. The summed E-state index contributed by atoms with van der Waals surface area (Å²) in [5.74, 6) is 1.06. The van der Waals surface area contributed by atoms with E-state index in [1.807, 2.05) is 19.3 Å². The topological polar surface area (TPSA) is 21.6 Å². The second-order valence-corrected chi connectivity index (χ2v) is 10.3. The maximum atomic E-state index is 6.56. The van der Waals surface area contributed by atoms with Crippen LogP contribution >= 0.6 is 8.58 Å². The minimum atomic E-state index is 0.0369. The first-order valence-electron chi connectivity index (χ1n) is 11.6. The average Bonchev–Trinajstić information content (AvgIpc) is 2.80. The molecule has 0 spiro atoms. The maximum Gasteiger partial charge on any atom is 0.126 e. The van der Waals surface area contributed by atoms with E-state index in [9.17, 15) is 0 Å². The molecule has 3 aromatic carbocycles. The van der Waals surface area contributed by atoms with Crippen LogP contribution in [-0.2, 0) is 11.8 Å². The quantitative estimate of drug-likeness (QED) is 0.236. The summed E-state index contributed by atoms with van der Waals surface area (Å²) >= 11 is 0. The number of benzene rings is 3. The predicted octanol–water partition coefficient (Wildman–Crippen LogP) is 7.34. The smallest absolute Gasteiger partial charge is 0.126 e. The predicted molar refractivity (Wildman–Crippen MR) is 141 cm³/mol. The summed E-state index contributed by atoms with van der Waals surface area (Å²) in [6.45, 7) is 9.60. The van der Waals surface area contributed by atoms with Crippen molar-refractivity contribution in [2.75, 3.05) is 7.05 Å². The molecule has 32 heavy (non-hydrogen) atoms. The van der Waals surface area contributed by atoms with Gasteiger partial charge in [-0.2, -0.15) is 0 Å². The van der Waals surface area contributed by atoms with Gasteiger partial charge in [-0.3, -0.25) is 4.99 Å². The van der Waals surface area contributed by atoms with Crippen LogP contribution in [0.4, 0.5) is 0 Å². The van der Waals surface area contributed by atoms with Gasteiger partial charge < -0.3 is 4.74 Å².